The van der Waals surface area contributed by atoms with Crippen molar-refractivity contribution in [2.75, 3.05) is 7.11 Å². The third-order valence-corrected chi connectivity index (χ3v) is 2.99. The number of halogens is 2. The molecule has 0 saturated heterocycles. The van der Waals surface area contributed by atoms with Crippen molar-refractivity contribution < 1.29 is 13.5 Å². The van der Waals surface area contributed by atoms with Gasteiger partial charge in [0.25, 0.3) is 0 Å². The lowest BCUT2D eigenvalue weighted by Crippen LogP contribution is -2.14. The highest BCUT2D eigenvalue weighted by molar-refractivity contribution is 5.32. The van der Waals surface area contributed by atoms with Gasteiger partial charge >= 0.3 is 0 Å². The first-order valence-corrected chi connectivity index (χ1v) is 5.94. The van der Waals surface area contributed by atoms with Crippen LogP contribution in [0.1, 0.15) is 17.2 Å². The van der Waals surface area contributed by atoms with Crippen LogP contribution in [0.3, 0.4) is 0 Å². The third-order valence-electron chi connectivity index (χ3n) is 2.99. The number of hydrogen-bond donors (Lipinski definition) is 1. The molecule has 2 aromatic rings. The van der Waals surface area contributed by atoms with E-state index in [2.05, 4.69) is 0 Å². The van der Waals surface area contributed by atoms with Crippen LogP contribution in [-0.2, 0) is 6.42 Å². The van der Waals surface area contributed by atoms with Crippen molar-refractivity contribution in [2.45, 2.75) is 12.5 Å². The normalized spacial score (nSPS) is 12.2. The number of hydrogen-bond acceptors (Lipinski definition) is 2. The van der Waals surface area contributed by atoms with Gasteiger partial charge in [-0.05, 0) is 35.7 Å². The van der Waals surface area contributed by atoms with Crippen LogP contribution in [0.4, 0.5) is 8.78 Å². The van der Waals surface area contributed by atoms with Crippen LogP contribution in [0, 0.1) is 11.6 Å². The van der Waals surface area contributed by atoms with Crippen molar-refractivity contribution in [1.29, 1.82) is 0 Å². The van der Waals surface area contributed by atoms with Gasteiger partial charge in [-0.25, -0.2) is 8.78 Å². The molecule has 0 fully saturated rings. The zero-order valence-corrected chi connectivity index (χ0v) is 10.6. The molecule has 0 bridgehead atoms. The summed E-state index contributed by atoms with van der Waals surface area (Å²) in [5, 5.41) is 0. The van der Waals surface area contributed by atoms with Gasteiger partial charge < -0.3 is 10.5 Å². The molecule has 0 aromatic heterocycles. The Morgan fingerprint density at radius 3 is 2.63 bits per heavy atom. The third kappa shape index (κ3) is 3.09. The van der Waals surface area contributed by atoms with Crippen molar-refractivity contribution in [1.82, 2.24) is 0 Å². The summed E-state index contributed by atoms with van der Waals surface area (Å²) >= 11 is 0. The van der Waals surface area contributed by atoms with E-state index in [1.165, 1.54) is 6.07 Å². The minimum absolute atomic E-state index is 0.233. The molecular weight excluding hydrogens is 248 g/mol. The molecule has 0 aliphatic heterocycles. The Kier molecular flexibility index (Phi) is 4.12. The van der Waals surface area contributed by atoms with E-state index in [4.69, 9.17) is 10.5 Å². The zero-order chi connectivity index (χ0) is 13.8. The maximum absolute atomic E-state index is 13.6. The van der Waals surface area contributed by atoms with Crippen molar-refractivity contribution >= 4 is 0 Å². The Morgan fingerprint density at radius 2 is 1.89 bits per heavy atom. The van der Waals surface area contributed by atoms with E-state index in [-0.39, 0.29) is 12.0 Å². The lowest BCUT2D eigenvalue weighted by molar-refractivity contribution is 0.413. The second-order valence-corrected chi connectivity index (χ2v) is 4.30. The van der Waals surface area contributed by atoms with Crippen molar-refractivity contribution in [2.24, 2.45) is 5.73 Å². The van der Waals surface area contributed by atoms with Gasteiger partial charge in [0, 0.05) is 6.04 Å². The fraction of sp³-hybridized carbons (Fsp3) is 0.200. The maximum atomic E-state index is 13.6. The van der Waals surface area contributed by atoms with E-state index >= 15 is 0 Å². The van der Waals surface area contributed by atoms with Crippen LogP contribution in [-0.4, -0.2) is 7.11 Å². The monoisotopic (exact) mass is 263 g/mol. The molecule has 0 aliphatic rings. The molecule has 1 atom stereocenters. The fourth-order valence-electron chi connectivity index (χ4n) is 1.93. The average Bonchev–Trinajstić information content (AvgIpc) is 2.44. The quantitative estimate of drug-likeness (QED) is 0.919. The Morgan fingerprint density at radius 1 is 1.16 bits per heavy atom. The highest BCUT2D eigenvalue weighted by Crippen LogP contribution is 2.22. The predicted molar refractivity (Wildman–Crippen MR) is 70.0 cm³/mol. The highest BCUT2D eigenvalue weighted by atomic mass is 19.2. The SMILES string of the molecule is COc1cccc(C(N)Cc2cccc(F)c2F)c1. The van der Waals surface area contributed by atoms with Crippen molar-refractivity contribution in [3.63, 3.8) is 0 Å². The van der Waals surface area contributed by atoms with E-state index in [0.717, 1.165) is 11.6 Å². The molecule has 100 valence electrons. The molecule has 1 unspecified atom stereocenters. The molecule has 0 heterocycles. The van der Waals surface area contributed by atoms with Crippen LogP contribution < -0.4 is 10.5 Å². The van der Waals surface area contributed by atoms with Gasteiger partial charge in [0.05, 0.1) is 7.11 Å². The minimum atomic E-state index is -0.852. The number of nitrogens with two attached hydrogens (primary N) is 1. The highest BCUT2D eigenvalue weighted by Gasteiger charge is 2.13. The standard InChI is InChI=1S/C15H15F2NO/c1-19-12-6-2-4-10(8-12)14(18)9-11-5-3-7-13(16)15(11)17/h2-8,14H,9,18H2,1H3. The van der Waals surface area contributed by atoms with Gasteiger partial charge in [-0.1, -0.05) is 24.3 Å². The second-order valence-electron chi connectivity index (χ2n) is 4.30. The molecule has 2 N–H and O–H groups in total. The van der Waals surface area contributed by atoms with E-state index in [1.807, 2.05) is 12.1 Å². The number of rotatable bonds is 4. The zero-order valence-electron chi connectivity index (χ0n) is 10.6. The Bertz CT molecular complexity index is 572. The fourth-order valence-corrected chi connectivity index (χ4v) is 1.93. The van der Waals surface area contributed by atoms with E-state index in [1.54, 1.807) is 25.3 Å². The average molecular weight is 263 g/mol. The number of methoxy groups -OCH3 is 1. The first-order chi connectivity index (χ1) is 9.11. The Labute approximate surface area is 110 Å². The lowest BCUT2D eigenvalue weighted by Gasteiger charge is -2.14. The van der Waals surface area contributed by atoms with Crippen molar-refractivity contribution in [3.8, 4) is 5.75 Å². The largest absolute Gasteiger partial charge is 0.497 e. The minimum Gasteiger partial charge on any atom is -0.497 e. The molecule has 4 heteroatoms. The Hall–Kier alpha value is -1.94. The first kappa shape index (κ1) is 13.5. The first-order valence-electron chi connectivity index (χ1n) is 5.94. The summed E-state index contributed by atoms with van der Waals surface area (Å²) in [5.74, 6) is -0.996. The van der Waals surface area contributed by atoms with Crippen LogP contribution in [0.15, 0.2) is 42.5 Å². The van der Waals surface area contributed by atoms with Gasteiger partial charge in [0.2, 0.25) is 0 Å². The summed E-state index contributed by atoms with van der Waals surface area (Å²) in [4.78, 5) is 0. The van der Waals surface area contributed by atoms with Crippen LogP contribution in [0.25, 0.3) is 0 Å². The molecular formula is C15H15F2NO. The Balaban J connectivity index is 2.20. The smallest absolute Gasteiger partial charge is 0.162 e. The lowest BCUT2D eigenvalue weighted by atomic mass is 9.99. The molecule has 0 aliphatic carbocycles. The van der Waals surface area contributed by atoms with E-state index < -0.39 is 17.7 Å². The number of ether oxygens (including phenoxy) is 1. The van der Waals surface area contributed by atoms with Crippen LogP contribution in [0.5, 0.6) is 5.75 Å². The van der Waals surface area contributed by atoms with Crippen molar-refractivity contribution in [3.05, 3.63) is 65.2 Å². The van der Waals surface area contributed by atoms with Gasteiger partial charge in [-0.3, -0.25) is 0 Å². The predicted octanol–water partition coefficient (Wildman–Crippen LogP) is 3.22. The van der Waals surface area contributed by atoms with E-state index in [0.29, 0.717) is 5.75 Å². The van der Waals surface area contributed by atoms with Gasteiger partial charge in [0.1, 0.15) is 5.75 Å². The molecule has 2 nitrogen and oxygen atoms in total. The molecule has 19 heavy (non-hydrogen) atoms. The van der Waals surface area contributed by atoms with Crippen LogP contribution >= 0.6 is 0 Å². The second kappa shape index (κ2) is 5.80. The summed E-state index contributed by atoms with van der Waals surface area (Å²) in [6, 6.07) is 11.0. The molecule has 2 aromatic carbocycles. The topological polar surface area (TPSA) is 35.2 Å². The summed E-state index contributed by atoms with van der Waals surface area (Å²) in [6.07, 6.45) is 0.233. The molecule has 0 saturated carbocycles. The van der Waals surface area contributed by atoms with E-state index in [9.17, 15) is 8.78 Å². The summed E-state index contributed by atoms with van der Waals surface area (Å²) in [5.41, 5.74) is 7.12. The molecule has 0 spiro atoms. The number of benzene rings is 2. The molecule has 2 rings (SSSR count). The molecule has 0 amide bonds. The van der Waals surface area contributed by atoms with Gasteiger partial charge in [-0.2, -0.15) is 0 Å². The van der Waals surface area contributed by atoms with Crippen LogP contribution in [0.2, 0.25) is 0 Å². The van der Waals surface area contributed by atoms with Gasteiger partial charge in [-0.15, -0.1) is 0 Å². The molecule has 0 radical (unpaired) electrons. The maximum Gasteiger partial charge on any atom is 0.162 e. The summed E-state index contributed by atoms with van der Waals surface area (Å²) < 4.78 is 31.8. The van der Waals surface area contributed by atoms with Gasteiger partial charge in [0.15, 0.2) is 11.6 Å². The summed E-state index contributed by atoms with van der Waals surface area (Å²) in [6.45, 7) is 0. The summed E-state index contributed by atoms with van der Waals surface area (Å²) in [7, 11) is 1.57.